The van der Waals surface area contributed by atoms with Crippen molar-refractivity contribution < 1.29 is 9.59 Å². The molecule has 1 amide bonds. The molecule has 1 N–H and O–H groups in total. The Morgan fingerprint density at radius 2 is 2.06 bits per heavy atom. The summed E-state index contributed by atoms with van der Waals surface area (Å²) in [4.78, 5) is 23.9. The molecular weight excluding hydrogens is 314 g/mol. The second kappa shape index (κ2) is 5.89. The van der Waals surface area contributed by atoms with E-state index in [4.69, 9.17) is 0 Å². The van der Waals surface area contributed by atoms with Gasteiger partial charge in [-0.1, -0.05) is 19.8 Å². The van der Waals surface area contributed by atoms with E-state index in [1.807, 2.05) is 6.07 Å². The van der Waals surface area contributed by atoms with Crippen molar-refractivity contribution in [2.24, 2.45) is 0 Å². The summed E-state index contributed by atoms with van der Waals surface area (Å²) in [6.45, 7) is 2.18. The number of Topliss-reactive ketones (excluding diaryl/α,β-unsaturated/α-hetero) is 1. The number of amides is 1. The minimum Gasteiger partial charge on any atom is -0.318 e. The standard InChI is InChI=1S/C13H14BrNO2S/c1-2-3-4-5-18-11-7-10-8(6-9(11)14)12(16)13(17)15-10/h6-7H,2-5H2,1H3,(H,15,16,17). The molecule has 0 atom stereocenters. The van der Waals surface area contributed by atoms with Gasteiger partial charge in [0, 0.05) is 9.37 Å². The Morgan fingerprint density at radius 1 is 1.28 bits per heavy atom. The van der Waals surface area contributed by atoms with Crippen molar-refractivity contribution >= 4 is 45.1 Å². The molecule has 0 unspecified atom stereocenters. The number of thioether (sulfide) groups is 1. The number of unbranched alkanes of at least 4 members (excludes halogenated alkanes) is 2. The van der Waals surface area contributed by atoms with E-state index in [9.17, 15) is 9.59 Å². The van der Waals surface area contributed by atoms with Gasteiger partial charge in [-0.2, -0.15) is 0 Å². The van der Waals surface area contributed by atoms with E-state index >= 15 is 0 Å². The van der Waals surface area contributed by atoms with Gasteiger partial charge < -0.3 is 5.32 Å². The Kier molecular flexibility index (Phi) is 4.45. The van der Waals surface area contributed by atoms with Gasteiger partial charge in [-0.25, -0.2) is 0 Å². The first-order valence-electron chi connectivity index (χ1n) is 5.95. The summed E-state index contributed by atoms with van der Waals surface area (Å²) >= 11 is 5.20. The monoisotopic (exact) mass is 327 g/mol. The van der Waals surface area contributed by atoms with Gasteiger partial charge in [-0.05, 0) is 40.2 Å². The molecule has 1 aliphatic rings. The van der Waals surface area contributed by atoms with Crippen molar-refractivity contribution in [3.8, 4) is 0 Å². The van der Waals surface area contributed by atoms with Crippen LogP contribution in [0.4, 0.5) is 5.69 Å². The average Bonchev–Trinajstić information content (AvgIpc) is 2.61. The molecule has 1 aromatic carbocycles. The highest BCUT2D eigenvalue weighted by Crippen LogP contribution is 2.35. The maximum Gasteiger partial charge on any atom is 0.296 e. The largest absolute Gasteiger partial charge is 0.318 e. The molecule has 3 nitrogen and oxygen atoms in total. The maximum atomic E-state index is 11.5. The lowest BCUT2D eigenvalue weighted by atomic mass is 10.1. The maximum absolute atomic E-state index is 11.5. The summed E-state index contributed by atoms with van der Waals surface area (Å²) in [7, 11) is 0. The van der Waals surface area contributed by atoms with E-state index in [1.54, 1.807) is 17.8 Å². The number of carbonyl (C=O) groups is 2. The third-order valence-electron chi connectivity index (χ3n) is 2.78. The van der Waals surface area contributed by atoms with E-state index in [2.05, 4.69) is 28.2 Å². The van der Waals surface area contributed by atoms with Crippen molar-refractivity contribution in [1.29, 1.82) is 0 Å². The highest BCUT2D eigenvalue weighted by molar-refractivity contribution is 9.10. The van der Waals surface area contributed by atoms with Crippen LogP contribution in [0, 0.1) is 0 Å². The van der Waals surface area contributed by atoms with Crippen LogP contribution in [-0.4, -0.2) is 17.4 Å². The fourth-order valence-electron chi connectivity index (χ4n) is 1.79. The Morgan fingerprint density at radius 3 is 2.78 bits per heavy atom. The Hall–Kier alpha value is -0.810. The van der Waals surface area contributed by atoms with Gasteiger partial charge in [0.15, 0.2) is 0 Å². The van der Waals surface area contributed by atoms with Gasteiger partial charge in [-0.15, -0.1) is 11.8 Å². The van der Waals surface area contributed by atoms with Crippen LogP contribution in [0.15, 0.2) is 21.5 Å². The molecule has 96 valence electrons. The molecule has 1 aromatic rings. The number of benzene rings is 1. The Labute approximate surface area is 119 Å². The van der Waals surface area contributed by atoms with E-state index in [-0.39, 0.29) is 0 Å². The fourth-order valence-corrected chi connectivity index (χ4v) is 3.44. The molecule has 1 aliphatic heterocycles. The molecule has 5 heteroatoms. The molecular formula is C13H14BrNO2S. The number of hydrogen-bond donors (Lipinski definition) is 1. The normalized spacial score (nSPS) is 13.7. The van der Waals surface area contributed by atoms with Crippen molar-refractivity contribution in [3.05, 3.63) is 22.2 Å². The number of ketones is 1. The van der Waals surface area contributed by atoms with Crippen molar-refractivity contribution in [2.75, 3.05) is 11.1 Å². The van der Waals surface area contributed by atoms with Crippen molar-refractivity contribution in [1.82, 2.24) is 0 Å². The van der Waals surface area contributed by atoms with Gasteiger partial charge in [0.25, 0.3) is 11.7 Å². The van der Waals surface area contributed by atoms with Crippen molar-refractivity contribution in [3.63, 3.8) is 0 Å². The molecule has 0 spiro atoms. The van der Waals surface area contributed by atoms with Gasteiger partial charge in [0.1, 0.15) is 0 Å². The van der Waals surface area contributed by atoms with E-state index in [0.29, 0.717) is 11.3 Å². The molecule has 0 radical (unpaired) electrons. The third kappa shape index (κ3) is 2.78. The van der Waals surface area contributed by atoms with Crippen LogP contribution in [0.1, 0.15) is 36.5 Å². The van der Waals surface area contributed by atoms with Crippen LogP contribution in [0.25, 0.3) is 0 Å². The highest BCUT2D eigenvalue weighted by Gasteiger charge is 2.28. The Bertz CT molecular complexity index is 502. The molecule has 1 heterocycles. The number of anilines is 1. The SMILES string of the molecule is CCCCCSc1cc2c(cc1Br)C(=O)C(=O)N2. The fraction of sp³-hybridized carbons (Fsp3) is 0.385. The number of rotatable bonds is 5. The van der Waals surface area contributed by atoms with Gasteiger partial charge in [0.2, 0.25) is 0 Å². The number of hydrogen-bond acceptors (Lipinski definition) is 3. The van der Waals surface area contributed by atoms with Crippen LogP contribution in [0.2, 0.25) is 0 Å². The number of carbonyl (C=O) groups excluding carboxylic acids is 2. The van der Waals surface area contributed by atoms with Crippen LogP contribution in [-0.2, 0) is 4.79 Å². The molecule has 0 saturated heterocycles. The van der Waals surface area contributed by atoms with Crippen LogP contribution < -0.4 is 5.32 Å². The molecule has 0 fully saturated rings. The first kappa shape index (κ1) is 13.6. The summed E-state index contributed by atoms with van der Waals surface area (Å²) in [5, 5.41) is 2.59. The summed E-state index contributed by atoms with van der Waals surface area (Å²) in [5.41, 5.74) is 1.09. The average molecular weight is 328 g/mol. The van der Waals surface area contributed by atoms with E-state index in [0.717, 1.165) is 15.1 Å². The number of fused-ring (bicyclic) bond motifs is 1. The zero-order valence-electron chi connectivity index (χ0n) is 10.1. The van der Waals surface area contributed by atoms with Crippen LogP contribution >= 0.6 is 27.7 Å². The minimum atomic E-state index is -0.537. The second-order valence-electron chi connectivity index (χ2n) is 4.17. The first-order valence-corrected chi connectivity index (χ1v) is 7.73. The molecule has 18 heavy (non-hydrogen) atoms. The summed E-state index contributed by atoms with van der Waals surface area (Å²) in [6.07, 6.45) is 3.61. The second-order valence-corrected chi connectivity index (χ2v) is 6.16. The predicted octanol–water partition coefficient (Wildman–Crippen LogP) is 3.87. The molecule has 0 bridgehead atoms. The van der Waals surface area contributed by atoms with Crippen molar-refractivity contribution in [2.45, 2.75) is 31.1 Å². The molecule has 0 aromatic heterocycles. The van der Waals surface area contributed by atoms with Gasteiger partial charge >= 0.3 is 0 Å². The first-order chi connectivity index (χ1) is 8.63. The predicted molar refractivity (Wildman–Crippen MR) is 77.4 cm³/mol. The van der Waals surface area contributed by atoms with E-state index < -0.39 is 11.7 Å². The lowest BCUT2D eigenvalue weighted by Crippen LogP contribution is -2.12. The van der Waals surface area contributed by atoms with Gasteiger partial charge in [0.05, 0.1) is 11.3 Å². The third-order valence-corrected chi connectivity index (χ3v) is 4.84. The molecule has 0 saturated carbocycles. The quantitative estimate of drug-likeness (QED) is 0.507. The summed E-state index contributed by atoms with van der Waals surface area (Å²) < 4.78 is 0.882. The van der Waals surface area contributed by atoms with Crippen LogP contribution in [0.5, 0.6) is 0 Å². The van der Waals surface area contributed by atoms with Gasteiger partial charge in [-0.3, -0.25) is 9.59 Å². The van der Waals surface area contributed by atoms with Crippen LogP contribution in [0.3, 0.4) is 0 Å². The molecule has 0 aliphatic carbocycles. The lowest BCUT2D eigenvalue weighted by Gasteiger charge is -2.06. The highest BCUT2D eigenvalue weighted by atomic mass is 79.9. The summed E-state index contributed by atoms with van der Waals surface area (Å²) in [5.74, 6) is 0.0610. The summed E-state index contributed by atoms with van der Waals surface area (Å²) in [6, 6.07) is 3.61. The zero-order valence-corrected chi connectivity index (χ0v) is 12.5. The number of halogens is 1. The zero-order chi connectivity index (χ0) is 13.1. The minimum absolute atomic E-state index is 0.451. The lowest BCUT2D eigenvalue weighted by molar-refractivity contribution is -0.112. The topological polar surface area (TPSA) is 46.2 Å². The number of nitrogens with one attached hydrogen (secondary N) is 1. The van der Waals surface area contributed by atoms with E-state index in [1.165, 1.54) is 19.3 Å². The molecule has 2 rings (SSSR count). The Balaban J connectivity index is 2.12. The smallest absolute Gasteiger partial charge is 0.296 e.